The predicted octanol–water partition coefficient (Wildman–Crippen LogP) is 17.9. The van der Waals surface area contributed by atoms with Crippen LogP contribution in [0.15, 0.2) is 154 Å². The third-order valence-electron chi connectivity index (χ3n) is 16.6. The first-order valence-electron chi connectivity index (χ1n) is 35.8. The van der Waals surface area contributed by atoms with Gasteiger partial charge in [0.15, 0.2) is 29.6 Å². The number of carbonyl (C=O) groups is 9. The molecule has 2 aliphatic heterocycles. The maximum absolute atomic E-state index is 13.5. The molecule has 119 heavy (non-hydrogen) atoms. The number of hydrogen-bond donors (Lipinski definition) is 3. The Labute approximate surface area is 735 Å². The van der Waals surface area contributed by atoms with E-state index in [4.69, 9.17) is 54.3 Å². The lowest BCUT2D eigenvalue weighted by molar-refractivity contribution is -0.157. The van der Waals surface area contributed by atoms with E-state index in [-0.39, 0.29) is 125 Å². The predicted molar refractivity (Wildman–Crippen MR) is 446 cm³/mol. The topological polar surface area (TPSA) is 336 Å². The van der Waals surface area contributed by atoms with Crippen LogP contribution in [-0.4, -0.2) is 148 Å². The third-order valence-corrected chi connectivity index (χ3v) is 20.4. The van der Waals surface area contributed by atoms with Crippen LogP contribution >= 0.6 is 95.6 Å². The van der Waals surface area contributed by atoms with Crippen molar-refractivity contribution in [2.45, 2.75) is 124 Å². The van der Waals surface area contributed by atoms with Gasteiger partial charge < -0.3 is 53.2 Å². The van der Waals surface area contributed by atoms with Crippen LogP contribution in [0, 0.1) is 63.4 Å². The molecule has 2 heterocycles. The van der Waals surface area contributed by atoms with Gasteiger partial charge in [0, 0.05) is 16.2 Å². The van der Waals surface area contributed by atoms with Gasteiger partial charge in [-0.1, -0.05) is 63.2 Å². The van der Waals surface area contributed by atoms with Crippen molar-refractivity contribution in [3.8, 4) is 12.1 Å². The van der Waals surface area contributed by atoms with Crippen molar-refractivity contribution in [3.63, 3.8) is 0 Å². The van der Waals surface area contributed by atoms with Gasteiger partial charge in [-0.15, -0.1) is 0 Å². The van der Waals surface area contributed by atoms with Gasteiger partial charge in [-0.05, 0) is 282 Å². The SMILES string of the molecule is CC(=O)c1ccc(C2(C)COC2)cc1F.CC(CO)(CO)c1ccc(Br)c(F)c1.CC1(c2ccc(Br)c(F)c2)COC1.CCOC(=O)C#N.CCOC(=O)C#N.CCOC(=O)C(C(=O)OCC)c1ccc(Br)c(F)c1.CCOC(=O)C(C)(C(C)=O)c1ccc(Br)c(F)c1.CCOC(=O)Cc1ccc(Br)c(F)c1.O=C(O)Cc1ccc(Br)c(F)c1. The number of ether oxygens (including phenoxy) is 8. The second kappa shape index (κ2) is 54.6. The van der Waals surface area contributed by atoms with Crippen LogP contribution in [0.5, 0.6) is 0 Å². The molecule has 1 unspecified atom stereocenters. The molecule has 7 aromatic rings. The molecule has 0 saturated carbocycles. The van der Waals surface area contributed by atoms with Gasteiger partial charge in [0.1, 0.15) is 46.1 Å². The van der Waals surface area contributed by atoms with Crippen molar-refractivity contribution >= 4 is 149 Å². The van der Waals surface area contributed by atoms with Crippen LogP contribution in [0.2, 0.25) is 0 Å². The van der Waals surface area contributed by atoms with E-state index in [1.165, 1.54) is 93.6 Å². The highest BCUT2D eigenvalue weighted by Gasteiger charge is 2.42. The lowest BCUT2D eigenvalue weighted by atomic mass is 9.79. The maximum Gasteiger partial charge on any atom is 0.411 e. The van der Waals surface area contributed by atoms with Crippen molar-refractivity contribution in [1.29, 1.82) is 10.5 Å². The Kier molecular flexibility index (Phi) is 49.7. The molecule has 0 amide bonds. The number of esters is 6. The van der Waals surface area contributed by atoms with Crippen LogP contribution < -0.4 is 0 Å². The molecule has 3 N–H and O–H groups in total. The molecule has 0 bridgehead atoms. The lowest BCUT2D eigenvalue weighted by Crippen LogP contribution is -2.43. The van der Waals surface area contributed by atoms with E-state index >= 15 is 0 Å². The lowest BCUT2D eigenvalue weighted by Gasteiger charge is -2.38. The van der Waals surface area contributed by atoms with Crippen molar-refractivity contribution in [1.82, 2.24) is 0 Å². The molecule has 1 atom stereocenters. The number of aliphatic hydroxyl groups is 2. The number of ketones is 2. The fraction of sp³-hybridized carbons (Fsp3) is 0.369. The average Bonchev–Trinajstić information content (AvgIpc) is 0.798. The largest absolute Gasteiger partial charge is 0.481 e. The number of nitrogens with zero attached hydrogens (tertiary/aromatic N) is 2. The van der Waals surface area contributed by atoms with Crippen molar-refractivity contribution in [2.24, 2.45) is 0 Å². The van der Waals surface area contributed by atoms with Crippen molar-refractivity contribution in [3.05, 3.63) is 239 Å². The summed E-state index contributed by atoms with van der Waals surface area (Å²) in [4.78, 5) is 99.3. The summed E-state index contributed by atoms with van der Waals surface area (Å²) in [5.74, 6) is -9.91. The number of rotatable bonds is 22. The monoisotopic (exact) mass is 2050 g/mol. The number of aliphatic carboxylic acids is 1. The molecular formula is C84H89Br6F7N2O20. The minimum Gasteiger partial charge on any atom is -0.481 e. The summed E-state index contributed by atoms with van der Waals surface area (Å²) in [5, 5.41) is 42.1. The first-order chi connectivity index (χ1) is 55.9. The summed E-state index contributed by atoms with van der Waals surface area (Å²) >= 11 is 18.2. The minimum absolute atomic E-state index is 0.0154. The summed E-state index contributed by atoms with van der Waals surface area (Å²) in [5.41, 5.74) is 1.89. The van der Waals surface area contributed by atoms with Crippen LogP contribution in [0.4, 0.5) is 30.7 Å². The summed E-state index contributed by atoms with van der Waals surface area (Å²) in [6.07, 6.45) is -0.0394. The van der Waals surface area contributed by atoms with E-state index in [2.05, 4.69) is 112 Å². The van der Waals surface area contributed by atoms with Crippen LogP contribution in [0.25, 0.3) is 0 Å². The molecule has 0 aliphatic carbocycles. The van der Waals surface area contributed by atoms with E-state index in [1.54, 1.807) is 97.0 Å². The van der Waals surface area contributed by atoms with Crippen molar-refractivity contribution in [2.75, 3.05) is 79.3 Å². The molecule has 2 saturated heterocycles. The van der Waals surface area contributed by atoms with E-state index in [0.717, 1.165) is 17.2 Å². The zero-order valence-corrected chi connectivity index (χ0v) is 76.2. The number of carboxylic acid groups (broad SMARTS) is 1. The van der Waals surface area contributed by atoms with E-state index in [1.807, 2.05) is 19.1 Å². The number of benzene rings is 7. The van der Waals surface area contributed by atoms with Crippen LogP contribution in [0.1, 0.15) is 138 Å². The zero-order chi connectivity index (χ0) is 90.7. The highest BCUT2D eigenvalue weighted by Crippen LogP contribution is 2.36. The Hall–Kier alpha value is -8.62. The number of halogens is 13. The van der Waals surface area contributed by atoms with Gasteiger partial charge in [0.25, 0.3) is 0 Å². The van der Waals surface area contributed by atoms with Gasteiger partial charge >= 0.3 is 41.8 Å². The molecule has 9 rings (SSSR count). The number of hydrogen-bond acceptors (Lipinski definition) is 21. The molecule has 0 aromatic heterocycles. The van der Waals surface area contributed by atoms with Gasteiger partial charge in [0.05, 0.1) is 125 Å². The summed E-state index contributed by atoms with van der Waals surface area (Å²) in [6, 6.07) is 34.3. The van der Waals surface area contributed by atoms with Gasteiger partial charge in [-0.3, -0.25) is 33.6 Å². The van der Waals surface area contributed by atoms with E-state index < -0.39 is 81.6 Å². The van der Waals surface area contributed by atoms with Crippen LogP contribution in [0.3, 0.4) is 0 Å². The van der Waals surface area contributed by atoms with Gasteiger partial charge in [0.2, 0.25) is 0 Å². The smallest absolute Gasteiger partial charge is 0.411 e. The molecule has 2 fully saturated rings. The Bertz CT molecular complexity index is 4630. The average molecular weight is 2060 g/mol. The molecule has 0 spiro atoms. The summed E-state index contributed by atoms with van der Waals surface area (Å²) in [6.45, 7) is 23.3. The molecular weight excluding hydrogens is 1970 g/mol. The van der Waals surface area contributed by atoms with Gasteiger partial charge in [-0.25, -0.2) is 40.3 Å². The number of aliphatic hydroxyl groups excluding tert-OH is 2. The van der Waals surface area contributed by atoms with Gasteiger partial charge in [-0.2, -0.15) is 10.5 Å². The Balaban J connectivity index is 0.000000678. The number of Topliss-reactive ketones (excluding diaryl/α,β-unsaturated/α-hetero) is 2. The standard InChI is InChI=1S/C13H14BrFO4.C13H14BrFO3.C12H13FO2.C10H12BrFO2.C10H10BrFO2.C10H10BrFO.C8H6BrFO2.2C4H5NO2/c1-3-18-12(16)11(13(17)19-4-2)8-5-6-9(14)10(15)7-8;1-4-18-12(17)13(3,8(2)16)9-5-6-10(14)11(15)7-9;1-8(14)10-4-3-9(5-11(10)13)12(2)6-15-7-12;1-10(5-13,6-14)7-2-3-8(11)9(12)4-7;1-2-14-10(13)6-7-3-4-8(11)9(12)5-7;1-10(5-13-6-10)7-2-3-8(11)9(12)4-7;9-6-2-1-5(3-7(6)10)4-8(11)12;2*1-2-7-4(6)3-5/h5-7,11H,3-4H2,1-2H3;5-7H,4H2,1-3H3;3-5H,6-7H2,1-2H3;2-4,13-14H,5-6H2,1H3;3-5H,2,6H2,1H3;2-4H,5-6H2,1H3;1-3H,4H2,(H,11,12);2*2H2,1H3. The van der Waals surface area contributed by atoms with Crippen molar-refractivity contribution < 1.29 is 127 Å². The Morgan fingerprint density at radius 2 is 0.798 bits per heavy atom. The van der Waals surface area contributed by atoms with E-state index in [0.29, 0.717) is 67.6 Å². The Morgan fingerprint density at radius 3 is 1.12 bits per heavy atom. The molecule has 35 heteroatoms. The maximum atomic E-state index is 13.5. The second-order valence-electron chi connectivity index (χ2n) is 25.8. The quantitative estimate of drug-likeness (QED) is 0.0142. The highest BCUT2D eigenvalue weighted by molar-refractivity contribution is 9.11. The first kappa shape index (κ1) is 108. The normalized spacial score (nSPS) is 12.6. The van der Waals surface area contributed by atoms with Crippen LogP contribution in [-0.2, 0) is 111 Å². The zero-order valence-electron chi connectivity index (χ0n) is 66.7. The molecule has 646 valence electrons. The molecule has 2 aliphatic rings. The first-order valence-corrected chi connectivity index (χ1v) is 40.5. The highest BCUT2D eigenvalue weighted by atomic mass is 79.9. The Morgan fingerprint density at radius 1 is 0.454 bits per heavy atom. The fourth-order valence-corrected chi connectivity index (χ4v) is 11.0. The minimum atomic E-state index is -1.47. The fourth-order valence-electron chi connectivity index (χ4n) is 9.54. The third kappa shape index (κ3) is 36.3. The second-order valence-corrected chi connectivity index (χ2v) is 31.0. The molecule has 7 aromatic carbocycles. The summed E-state index contributed by atoms with van der Waals surface area (Å²) < 4.78 is 133. The number of nitriles is 2. The molecule has 22 nitrogen and oxygen atoms in total. The number of carboxylic acids is 1. The van der Waals surface area contributed by atoms with E-state index in [9.17, 15) is 73.9 Å². The summed E-state index contributed by atoms with van der Waals surface area (Å²) in [7, 11) is 0. The number of carbonyl (C=O) groups excluding carboxylic acids is 8. The molecule has 0 radical (unpaired) electrons.